The maximum Gasteiger partial charge on any atom is 0.327 e. The number of aromatic nitrogens is 3. The molecule has 1 unspecified atom stereocenters. The number of amides is 1. The van der Waals surface area contributed by atoms with Gasteiger partial charge in [0, 0.05) is 18.1 Å². The molecule has 1 atom stereocenters. The van der Waals surface area contributed by atoms with E-state index in [2.05, 4.69) is 10.1 Å². The molecule has 8 heteroatoms. The van der Waals surface area contributed by atoms with Crippen molar-refractivity contribution in [2.75, 3.05) is 11.6 Å². The molecular formula is C11H10N4O3S. The fraction of sp³-hybridized carbons (Fsp3) is 0.273. The molecule has 7 nitrogen and oxygen atoms in total. The Bertz CT molecular complexity index is 656. The Morgan fingerprint density at radius 2 is 2.26 bits per heavy atom. The van der Waals surface area contributed by atoms with E-state index in [0.717, 1.165) is 0 Å². The molecule has 3 heterocycles. The summed E-state index contributed by atoms with van der Waals surface area (Å²) in [6, 6.07) is -0.774. The van der Waals surface area contributed by atoms with Crippen molar-refractivity contribution >= 4 is 29.2 Å². The maximum absolute atomic E-state index is 12.4. The second-order valence-electron chi connectivity index (χ2n) is 4.09. The first kappa shape index (κ1) is 12.0. The molecule has 0 saturated carbocycles. The number of carboxylic acid groups (broad SMARTS) is 1. The predicted molar refractivity (Wildman–Crippen MR) is 67.9 cm³/mol. The molecule has 0 spiro atoms. The summed E-state index contributed by atoms with van der Waals surface area (Å²) in [4.78, 5) is 28.8. The normalized spacial score (nSPS) is 18.9. The Hall–Kier alpha value is -2.09. The molecule has 19 heavy (non-hydrogen) atoms. The van der Waals surface area contributed by atoms with Gasteiger partial charge in [-0.3, -0.25) is 9.78 Å². The van der Waals surface area contributed by atoms with E-state index in [9.17, 15) is 9.59 Å². The van der Waals surface area contributed by atoms with Gasteiger partial charge in [-0.2, -0.15) is 5.10 Å². The van der Waals surface area contributed by atoms with Gasteiger partial charge in [-0.15, -0.1) is 11.8 Å². The third kappa shape index (κ3) is 1.93. The van der Waals surface area contributed by atoms with Crippen LogP contribution in [0.15, 0.2) is 24.8 Å². The van der Waals surface area contributed by atoms with Gasteiger partial charge in [-0.05, 0) is 0 Å². The summed E-state index contributed by atoms with van der Waals surface area (Å²) >= 11 is 1.43. The molecule has 3 rings (SSSR count). The van der Waals surface area contributed by atoms with Crippen molar-refractivity contribution in [3.05, 3.63) is 30.4 Å². The maximum atomic E-state index is 12.4. The molecule has 98 valence electrons. The lowest BCUT2D eigenvalue weighted by molar-refractivity contribution is -0.140. The number of carbonyl (C=O) groups excluding carboxylic acids is 1. The Labute approximate surface area is 112 Å². The van der Waals surface area contributed by atoms with Gasteiger partial charge in [0.05, 0.1) is 29.4 Å². The summed E-state index contributed by atoms with van der Waals surface area (Å²) in [5.41, 5.74) is 0.954. The van der Waals surface area contributed by atoms with E-state index >= 15 is 0 Å². The Balaban J connectivity index is 1.98. The third-order valence-corrected chi connectivity index (χ3v) is 4.00. The van der Waals surface area contributed by atoms with E-state index in [1.54, 1.807) is 23.1 Å². The van der Waals surface area contributed by atoms with Gasteiger partial charge >= 0.3 is 5.97 Å². The van der Waals surface area contributed by atoms with Crippen LogP contribution >= 0.6 is 11.8 Å². The van der Waals surface area contributed by atoms with Gasteiger partial charge < -0.3 is 10.0 Å². The molecular weight excluding hydrogens is 268 g/mol. The van der Waals surface area contributed by atoms with Gasteiger partial charge in [-0.25, -0.2) is 9.31 Å². The van der Waals surface area contributed by atoms with Crippen LogP contribution in [0.5, 0.6) is 0 Å². The molecule has 2 aromatic rings. The summed E-state index contributed by atoms with van der Waals surface area (Å²) in [5.74, 6) is -0.500. The van der Waals surface area contributed by atoms with E-state index in [0.29, 0.717) is 22.7 Å². The summed E-state index contributed by atoms with van der Waals surface area (Å²) in [7, 11) is 0. The van der Waals surface area contributed by atoms with Gasteiger partial charge in [0.25, 0.3) is 5.91 Å². The van der Waals surface area contributed by atoms with E-state index in [4.69, 9.17) is 5.11 Å². The van der Waals surface area contributed by atoms with Crippen molar-refractivity contribution in [1.29, 1.82) is 0 Å². The zero-order chi connectivity index (χ0) is 13.4. The van der Waals surface area contributed by atoms with Gasteiger partial charge in [-0.1, -0.05) is 0 Å². The quantitative estimate of drug-likeness (QED) is 0.851. The lowest BCUT2D eigenvalue weighted by Gasteiger charge is -2.19. The van der Waals surface area contributed by atoms with Crippen LogP contribution in [0, 0.1) is 0 Å². The fourth-order valence-electron chi connectivity index (χ4n) is 2.00. The Morgan fingerprint density at radius 3 is 3.05 bits per heavy atom. The van der Waals surface area contributed by atoms with Gasteiger partial charge in [0.2, 0.25) is 0 Å². The molecule has 1 saturated heterocycles. The van der Waals surface area contributed by atoms with Crippen molar-refractivity contribution in [3.8, 4) is 0 Å². The Kier molecular flexibility index (Phi) is 2.86. The standard InChI is InChI=1S/C11H10N4O3S/c16-10(14-6-19-5-9(14)11(17)18)7-3-13-15-2-1-12-4-8(7)15/h1-4,9H,5-6H2,(H,17,18). The first-order valence-electron chi connectivity index (χ1n) is 5.57. The zero-order valence-corrected chi connectivity index (χ0v) is 10.6. The first-order valence-corrected chi connectivity index (χ1v) is 6.73. The van der Waals surface area contributed by atoms with E-state index in [1.165, 1.54) is 22.9 Å². The molecule has 1 aliphatic heterocycles. The van der Waals surface area contributed by atoms with E-state index < -0.39 is 12.0 Å². The third-order valence-electron chi connectivity index (χ3n) is 2.98. The van der Waals surface area contributed by atoms with Crippen LogP contribution in [0.2, 0.25) is 0 Å². The second kappa shape index (κ2) is 4.54. The number of fused-ring (bicyclic) bond motifs is 1. The fourth-order valence-corrected chi connectivity index (χ4v) is 3.15. The van der Waals surface area contributed by atoms with Gasteiger partial charge in [0.15, 0.2) is 0 Å². The minimum Gasteiger partial charge on any atom is -0.480 e. The number of aliphatic carboxylic acids is 1. The minimum atomic E-state index is -0.979. The SMILES string of the molecule is O=C(O)C1CSCN1C(=O)c1cnn2ccncc12. The predicted octanol–water partition coefficient (Wildman–Crippen LogP) is 0.329. The molecule has 0 aliphatic carbocycles. The first-order chi connectivity index (χ1) is 9.18. The highest BCUT2D eigenvalue weighted by atomic mass is 32.2. The number of hydrogen-bond acceptors (Lipinski definition) is 5. The van der Waals surface area contributed by atoms with Crippen LogP contribution < -0.4 is 0 Å². The van der Waals surface area contributed by atoms with E-state index in [1.807, 2.05) is 0 Å². The Morgan fingerprint density at radius 1 is 1.42 bits per heavy atom. The van der Waals surface area contributed by atoms with Crippen molar-refractivity contribution < 1.29 is 14.7 Å². The molecule has 1 N–H and O–H groups in total. The van der Waals surface area contributed by atoms with Crippen LogP contribution in [-0.2, 0) is 4.79 Å². The molecule has 1 amide bonds. The average molecular weight is 278 g/mol. The van der Waals surface area contributed by atoms with Gasteiger partial charge in [0.1, 0.15) is 6.04 Å². The summed E-state index contributed by atoms with van der Waals surface area (Å²) in [6.07, 6.45) is 6.19. The lowest BCUT2D eigenvalue weighted by Crippen LogP contribution is -2.41. The summed E-state index contributed by atoms with van der Waals surface area (Å²) in [5, 5.41) is 13.2. The molecule has 0 bridgehead atoms. The average Bonchev–Trinajstić information content (AvgIpc) is 3.05. The van der Waals surface area contributed by atoms with Crippen LogP contribution in [0.4, 0.5) is 0 Å². The van der Waals surface area contributed by atoms with E-state index in [-0.39, 0.29) is 5.91 Å². The van der Waals surface area contributed by atoms with Crippen LogP contribution in [-0.4, -0.2) is 54.2 Å². The second-order valence-corrected chi connectivity index (χ2v) is 5.09. The van der Waals surface area contributed by atoms with Crippen molar-refractivity contribution in [2.24, 2.45) is 0 Å². The number of rotatable bonds is 2. The van der Waals surface area contributed by atoms with Crippen LogP contribution in [0.1, 0.15) is 10.4 Å². The highest BCUT2D eigenvalue weighted by Crippen LogP contribution is 2.24. The summed E-state index contributed by atoms with van der Waals surface area (Å²) in [6.45, 7) is 0. The van der Waals surface area contributed by atoms with Crippen molar-refractivity contribution in [3.63, 3.8) is 0 Å². The molecule has 2 aromatic heterocycles. The number of carboxylic acids is 1. The zero-order valence-electron chi connectivity index (χ0n) is 9.76. The highest BCUT2D eigenvalue weighted by molar-refractivity contribution is 7.99. The van der Waals surface area contributed by atoms with Crippen LogP contribution in [0.3, 0.4) is 0 Å². The molecule has 0 radical (unpaired) electrons. The number of nitrogens with zero attached hydrogens (tertiary/aromatic N) is 4. The number of thioether (sulfide) groups is 1. The molecule has 1 aliphatic rings. The highest BCUT2D eigenvalue weighted by Gasteiger charge is 2.35. The van der Waals surface area contributed by atoms with Crippen molar-refractivity contribution in [2.45, 2.75) is 6.04 Å². The largest absolute Gasteiger partial charge is 0.480 e. The monoisotopic (exact) mass is 278 g/mol. The smallest absolute Gasteiger partial charge is 0.327 e. The lowest BCUT2D eigenvalue weighted by atomic mass is 10.2. The number of carbonyl (C=O) groups is 2. The summed E-state index contributed by atoms with van der Waals surface area (Å²) < 4.78 is 1.54. The van der Waals surface area contributed by atoms with Crippen molar-refractivity contribution in [1.82, 2.24) is 19.5 Å². The molecule has 0 aromatic carbocycles. The van der Waals surface area contributed by atoms with Crippen LogP contribution in [0.25, 0.3) is 5.52 Å². The topological polar surface area (TPSA) is 87.8 Å². The number of hydrogen-bond donors (Lipinski definition) is 1. The molecule has 1 fully saturated rings. The minimum absolute atomic E-state index is 0.319.